The maximum absolute atomic E-state index is 11.9. The van der Waals surface area contributed by atoms with Crippen LogP contribution in [-0.2, 0) is 11.8 Å². The van der Waals surface area contributed by atoms with E-state index in [-0.39, 0.29) is 11.8 Å². The molecule has 2 N–H and O–H groups in total. The fourth-order valence-electron chi connectivity index (χ4n) is 1.72. The average Bonchev–Trinajstić information content (AvgIpc) is 2.75. The Balaban J connectivity index is 2.10. The van der Waals surface area contributed by atoms with Gasteiger partial charge < -0.3 is 15.2 Å². The lowest BCUT2D eigenvalue weighted by atomic mass is 10.2. The van der Waals surface area contributed by atoms with E-state index in [1.54, 1.807) is 36.5 Å². The molecule has 0 atom stereocenters. The molecule has 0 aliphatic heterocycles. The zero-order valence-corrected chi connectivity index (χ0v) is 10.8. The number of nitrogens with one attached hydrogen (secondary N) is 2. The van der Waals surface area contributed by atoms with Crippen LogP contribution in [0.3, 0.4) is 0 Å². The summed E-state index contributed by atoms with van der Waals surface area (Å²) in [5.41, 5.74) is 1.88. The smallest absolute Gasteiger partial charge is 0.257 e. The molecule has 2 amide bonds. The molecule has 2 aromatic rings. The first-order valence-electron chi connectivity index (χ1n) is 5.85. The summed E-state index contributed by atoms with van der Waals surface area (Å²) in [4.78, 5) is 22.9. The van der Waals surface area contributed by atoms with Crippen molar-refractivity contribution in [3.8, 4) is 0 Å². The molecule has 1 aromatic carbocycles. The second kappa shape index (κ2) is 5.39. The first-order valence-corrected chi connectivity index (χ1v) is 5.85. The fourth-order valence-corrected chi connectivity index (χ4v) is 1.72. The van der Waals surface area contributed by atoms with E-state index in [2.05, 4.69) is 10.6 Å². The Morgan fingerprint density at radius 1 is 1.11 bits per heavy atom. The summed E-state index contributed by atoms with van der Waals surface area (Å²) in [6.07, 6.45) is 3.55. The van der Waals surface area contributed by atoms with Crippen molar-refractivity contribution in [3.63, 3.8) is 0 Å². The van der Waals surface area contributed by atoms with Crippen LogP contribution >= 0.6 is 0 Å². The molecule has 0 saturated heterocycles. The number of hydrogen-bond donors (Lipinski definition) is 2. The van der Waals surface area contributed by atoms with Crippen LogP contribution in [0.4, 0.5) is 11.4 Å². The molecule has 1 heterocycles. The average molecular weight is 257 g/mol. The normalized spacial score (nSPS) is 10.0. The van der Waals surface area contributed by atoms with E-state index in [4.69, 9.17) is 0 Å². The lowest BCUT2D eigenvalue weighted by Crippen LogP contribution is -2.12. The van der Waals surface area contributed by atoms with Crippen molar-refractivity contribution in [2.45, 2.75) is 6.92 Å². The Kier molecular flexibility index (Phi) is 3.66. The summed E-state index contributed by atoms with van der Waals surface area (Å²) < 4.78 is 1.81. The molecule has 98 valence electrons. The van der Waals surface area contributed by atoms with E-state index in [1.165, 1.54) is 6.92 Å². The second-order valence-electron chi connectivity index (χ2n) is 4.28. The van der Waals surface area contributed by atoms with Gasteiger partial charge in [0, 0.05) is 37.7 Å². The number of benzene rings is 1. The van der Waals surface area contributed by atoms with Crippen molar-refractivity contribution < 1.29 is 9.59 Å². The molecule has 0 aliphatic carbocycles. The van der Waals surface area contributed by atoms with Crippen molar-refractivity contribution in [1.29, 1.82) is 0 Å². The quantitative estimate of drug-likeness (QED) is 0.885. The number of aryl methyl sites for hydroxylation is 1. The molecular weight excluding hydrogens is 242 g/mol. The molecule has 5 nitrogen and oxygen atoms in total. The molecule has 0 fully saturated rings. The zero-order valence-electron chi connectivity index (χ0n) is 10.8. The molecule has 0 spiro atoms. The Morgan fingerprint density at radius 2 is 1.79 bits per heavy atom. The largest absolute Gasteiger partial charge is 0.356 e. The number of anilines is 2. The van der Waals surface area contributed by atoms with Crippen molar-refractivity contribution in [2.24, 2.45) is 7.05 Å². The second-order valence-corrected chi connectivity index (χ2v) is 4.28. The minimum absolute atomic E-state index is 0.147. The predicted molar refractivity (Wildman–Crippen MR) is 74.1 cm³/mol. The van der Waals surface area contributed by atoms with E-state index < -0.39 is 0 Å². The lowest BCUT2D eigenvalue weighted by molar-refractivity contribution is -0.114. The van der Waals surface area contributed by atoms with E-state index >= 15 is 0 Å². The number of hydrogen-bond acceptors (Lipinski definition) is 2. The minimum Gasteiger partial charge on any atom is -0.356 e. The van der Waals surface area contributed by atoms with E-state index in [1.807, 2.05) is 17.8 Å². The molecule has 2 rings (SSSR count). The van der Waals surface area contributed by atoms with Crippen LogP contribution in [0.2, 0.25) is 0 Å². The number of aromatic nitrogens is 1. The Labute approximate surface area is 111 Å². The molecule has 0 bridgehead atoms. The van der Waals surface area contributed by atoms with Crippen molar-refractivity contribution in [3.05, 3.63) is 48.3 Å². The van der Waals surface area contributed by atoms with Gasteiger partial charge in [-0.1, -0.05) is 6.07 Å². The summed E-state index contributed by atoms with van der Waals surface area (Å²) in [7, 11) is 1.86. The molecule has 1 aromatic heterocycles. The molecule has 0 radical (unpaired) electrons. The van der Waals surface area contributed by atoms with Crippen LogP contribution in [0.25, 0.3) is 0 Å². The minimum atomic E-state index is -0.180. The molecule has 0 unspecified atom stereocenters. The molecule has 0 saturated carbocycles. The van der Waals surface area contributed by atoms with Gasteiger partial charge in [0.1, 0.15) is 0 Å². The Bertz CT molecular complexity index is 617. The third kappa shape index (κ3) is 3.45. The zero-order chi connectivity index (χ0) is 13.8. The van der Waals surface area contributed by atoms with E-state index in [0.717, 1.165) is 0 Å². The number of carbonyl (C=O) groups excluding carboxylic acids is 2. The Hall–Kier alpha value is -2.56. The highest BCUT2D eigenvalue weighted by molar-refractivity contribution is 6.04. The van der Waals surface area contributed by atoms with Gasteiger partial charge in [-0.3, -0.25) is 9.59 Å². The molecule has 0 aliphatic rings. The van der Waals surface area contributed by atoms with Gasteiger partial charge >= 0.3 is 0 Å². The number of amides is 2. The summed E-state index contributed by atoms with van der Waals surface area (Å²) in [6, 6.07) is 8.76. The van der Waals surface area contributed by atoms with E-state index in [0.29, 0.717) is 16.9 Å². The first-order chi connectivity index (χ1) is 9.04. The maximum Gasteiger partial charge on any atom is 0.257 e. The van der Waals surface area contributed by atoms with Gasteiger partial charge in [-0.25, -0.2) is 0 Å². The van der Waals surface area contributed by atoms with Crippen LogP contribution in [0.1, 0.15) is 17.3 Å². The van der Waals surface area contributed by atoms with Crippen molar-refractivity contribution in [1.82, 2.24) is 4.57 Å². The maximum atomic E-state index is 11.9. The fraction of sp³-hybridized carbons (Fsp3) is 0.143. The highest BCUT2D eigenvalue weighted by Gasteiger charge is 2.07. The SMILES string of the molecule is CC(=O)Nc1cccc(NC(=O)c2ccn(C)c2)c1. The van der Waals surface area contributed by atoms with Crippen LogP contribution in [0, 0.1) is 0 Å². The molecule has 19 heavy (non-hydrogen) atoms. The van der Waals surface area contributed by atoms with Gasteiger partial charge in [-0.15, -0.1) is 0 Å². The highest BCUT2D eigenvalue weighted by Crippen LogP contribution is 2.16. The standard InChI is InChI=1S/C14H15N3O2/c1-10(18)15-12-4-3-5-13(8-12)16-14(19)11-6-7-17(2)9-11/h3-9H,1-2H3,(H,15,18)(H,16,19). The highest BCUT2D eigenvalue weighted by atomic mass is 16.2. The number of nitrogens with zero attached hydrogens (tertiary/aromatic N) is 1. The molecular formula is C14H15N3O2. The van der Waals surface area contributed by atoms with Gasteiger partial charge in [0.25, 0.3) is 5.91 Å². The van der Waals surface area contributed by atoms with Crippen LogP contribution in [0.5, 0.6) is 0 Å². The van der Waals surface area contributed by atoms with Gasteiger partial charge in [0.2, 0.25) is 5.91 Å². The van der Waals surface area contributed by atoms with Gasteiger partial charge in [-0.2, -0.15) is 0 Å². The lowest BCUT2D eigenvalue weighted by Gasteiger charge is -2.07. The summed E-state index contributed by atoms with van der Waals surface area (Å²) in [6.45, 7) is 1.44. The van der Waals surface area contributed by atoms with Crippen LogP contribution in [0.15, 0.2) is 42.7 Å². The Morgan fingerprint density at radius 3 is 2.37 bits per heavy atom. The van der Waals surface area contributed by atoms with E-state index in [9.17, 15) is 9.59 Å². The first kappa shape index (κ1) is 12.9. The third-order valence-electron chi connectivity index (χ3n) is 2.53. The summed E-state index contributed by atoms with van der Waals surface area (Å²) in [5.74, 6) is -0.327. The topological polar surface area (TPSA) is 63.1 Å². The summed E-state index contributed by atoms with van der Waals surface area (Å²) >= 11 is 0. The predicted octanol–water partition coefficient (Wildman–Crippen LogP) is 2.24. The van der Waals surface area contributed by atoms with Crippen LogP contribution in [-0.4, -0.2) is 16.4 Å². The van der Waals surface area contributed by atoms with Crippen molar-refractivity contribution >= 4 is 23.2 Å². The van der Waals surface area contributed by atoms with Gasteiger partial charge in [-0.05, 0) is 24.3 Å². The number of rotatable bonds is 3. The number of carbonyl (C=O) groups is 2. The monoisotopic (exact) mass is 257 g/mol. The van der Waals surface area contributed by atoms with Gasteiger partial charge in [0.15, 0.2) is 0 Å². The van der Waals surface area contributed by atoms with Gasteiger partial charge in [0.05, 0.1) is 5.56 Å². The molecule has 5 heteroatoms. The summed E-state index contributed by atoms with van der Waals surface area (Å²) in [5, 5.41) is 5.45. The van der Waals surface area contributed by atoms with Crippen molar-refractivity contribution in [2.75, 3.05) is 10.6 Å². The van der Waals surface area contributed by atoms with Crippen LogP contribution < -0.4 is 10.6 Å². The third-order valence-corrected chi connectivity index (χ3v) is 2.53.